The second-order valence-corrected chi connectivity index (χ2v) is 9.60. The molecule has 0 radical (unpaired) electrons. The topological polar surface area (TPSA) is 72.4 Å². The van der Waals surface area contributed by atoms with Gasteiger partial charge in [-0.25, -0.2) is 13.4 Å². The second kappa shape index (κ2) is 9.11. The first-order valence-corrected chi connectivity index (χ1v) is 11.6. The molecule has 0 amide bonds. The molecule has 0 unspecified atom stereocenters. The number of ether oxygens (including phenoxy) is 1. The van der Waals surface area contributed by atoms with E-state index < -0.39 is 38.4 Å². The van der Waals surface area contributed by atoms with Crippen LogP contribution in [-0.4, -0.2) is 35.8 Å². The van der Waals surface area contributed by atoms with E-state index in [2.05, 4.69) is 9.97 Å². The van der Waals surface area contributed by atoms with E-state index in [0.29, 0.717) is 16.7 Å². The molecule has 2 aromatic heterocycles. The van der Waals surface area contributed by atoms with E-state index in [1.54, 1.807) is 18.2 Å². The summed E-state index contributed by atoms with van der Waals surface area (Å²) in [6, 6.07) is 5.28. The van der Waals surface area contributed by atoms with Crippen LogP contribution in [0.25, 0.3) is 11.1 Å². The van der Waals surface area contributed by atoms with Crippen molar-refractivity contribution in [3.63, 3.8) is 0 Å². The van der Waals surface area contributed by atoms with Crippen LogP contribution in [0.5, 0.6) is 5.88 Å². The molecule has 0 bridgehead atoms. The maximum atomic E-state index is 13.4. The highest BCUT2D eigenvalue weighted by molar-refractivity contribution is 7.89. The molecule has 1 aliphatic rings. The lowest BCUT2D eigenvalue weighted by molar-refractivity contribution is -0.143. The minimum atomic E-state index is -5.18. The Morgan fingerprint density at radius 2 is 1.63 bits per heavy atom. The molecule has 0 aliphatic carbocycles. The van der Waals surface area contributed by atoms with E-state index in [-0.39, 0.29) is 50.2 Å². The maximum absolute atomic E-state index is 13.4. The number of fused-ring (bicyclic) bond motifs is 1. The fourth-order valence-corrected chi connectivity index (χ4v) is 5.16. The Morgan fingerprint density at radius 3 is 2.23 bits per heavy atom. The molecule has 0 spiro atoms. The van der Waals surface area contributed by atoms with Crippen LogP contribution in [0.3, 0.4) is 0 Å². The average molecular weight is 517 g/mol. The maximum Gasteiger partial charge on any atom is 0.416 e. The Labute approximate surface area is 196 Å². The molecule has 1 aromatic carbocycles. The van der Waals surface area contributed by atoms with Gasteiger partial charge in [-0.3, -0.25) is 4.98 Å². The standard InChI is InChI=1S/C22H17F6N3O3S/c23-21(24,25)15-9-16(22(26,27)28)11-17(10-15)35(32,33)31-7-2-8-34-20-19(13-31)18(4-6-30-20)14-3-1-5-29-12-14/h1,3-6,9-12H,2,7-8,13H2. The molecule has 1 aliphatic heterocycles. The van der Waals surface area contributed by atoms with Gasteiger partial charge in [-0.05, 0) is 42.3 Å². The third-order valence-electron chi connectivity index (χ3n) is 5.31. The number of aromatic nitrogens is 2. The van der Waals surface area contributed by atoms with Crippen molar-refractivity contribution < 1.29 is 39.5 Å². The average Bonchev–Trinajstić information content (AvgIpc) is 2.78. The molecule has 0 fully saturated rings. The van der Waals surface area contributed by atoms with Crippen molar-refractivity contribution in [2.24, 2.45) is 0 Å². The van der Waals surface area contributed by atoms with Gasteiger partial charge in [0, 0.05) is 42.8 Å². The molecule has 6 nitrogen and oxygen atoms in total. The largest absolute Gasteiger partial charge is 0.477 e. The molecular weight excluding hydrogens is 500 g/mol. The lowest BCUT2D eigenvalue weighted by Crippen LogP contribution is -2.34. The number of halogens is 6. The number of rotatable bonds is 3. The van der Waals surface area contributed by atoms with Crippen LogP contribution in [0.1, 0.15) is 23.1 Å². The van der Waals surface area contributed by atoms with E-state index in [4.69, 9.17) is 4.74 Å². The number of sulfonamides is 1. The van der Waals surface area contributed by atoms with Crippen molar-refractivity contribution in [1.82, 2.24) is 14.3 Å². The monoisotopic (exact) mass is 517 g/mol. The van der Waals surface area contributed by atoms with Crippen molar-refractivity contribution in [3.8, 4) is 17.0 Å². The summed E-state index contributed by atoms with van der Waals surface area (Å²) in [5.41, 5.74) is -1.98. The van der Waals surface area contributed by atoms with E-state index in [1.807, 2.05) is 0 Å². The SMILES string of the molecule is O=S(=O)(c1cc(C(F)(F)F)cc(C(F)(F)F)c1)N1CCCOc2nccc(-c3cccnc3)c2C1. The molecule has 0 saturated heterocycles. The molecule has 35 heavy (non-hydrogen) atoms. The van der Waals surface area contributed by atoms with Gasteiger partial charge in [0.25, 0.3) is 0 Å². The fraction of sp³-hybridized carbons (Fsp3) is 0.273. The van der Waals surface area contributed by atoms with Crippen molar-refractivity contribution >= 4 is 10.0 Å². The third-order valence-corrected chi connectivity index (χ3v) is 7.14. The Bertz CT molecular complexity index is 1300. The smallest absolute Gasteiger partial charge is 0.416 e. The van der Waals surface area contributed by atoms with Crippen LogP contribution in [0.2, 0.25) is 0 Å². The van der Waals surface area contributed by atoms with Crippen molar-refractivity contribution in [1.29, 1.82) is 0 Å². The predicted octanol–water partition coefficient (Wildman–Crippen LogP) is 5.15. The van der Waals surface area contributed by atoms with E-state index in [1.165, 1.54) is 18.6 Å². The Kier molecular flexibility index (Phi) is 6.49. The van der Waals surface area contributed by atoms with Gasteiger partial charge in [0.2, 0.25) is 15.9 Å². The van der Waals surface area contributed by atoms with Gasteiger partial charge in [-0.1, -0.05) is 6.07 Å². The molecule has 3 aromatic rings. The number of pyridine rings is 2. The summed E-state index contributed by atoms with van der Waals surface area (Å²) in [6.07, 6.45) is -5.71. The number of nitrogens with zero attached hydrogens (tertiary/aromatic N) is 3. The highest BCUT2D eigenvalue weighted by Crippen LogP contribution is 2.39. The molecule has 0 atom stereocenters. The van der Waals surface area contributed by atoms with E-state index >= 15 is 0 Å². The van der Waals surface area contributed by atoms with Crippen LogP contribution in [0.4, 0.5) is 26.3 Å². The number of alkyl halides is 6. The second-order valence-electron chi connectivity index (χ2n) is 7.67. The summed E-state index contributed by atoms with van der Waals surface area (Å²) in [4.78, 5) is 7.05. The normalized spacial score (nSPS) is 15.6. The van der Waals surface area contributed by atoms with Crippen LogP contribution >= 0.6 is 0 Å². The predicted molar refractivity (Wildman–Crippen MR) is 112 cm³/mol. The van der Waals surface area contributed by atoms with Crippen molar-refractivity contribution in [2.75, 3.05) is 13.2 Å². The molecular formula is C22H17F6N3O3S. The van der Waals surface area contributed by atoms with Gasteiger partial charge >= 0.3 is 12.4 Å². The third kappa shape index (κ3) is 5.25. The summed E-state index contributed by atoms with van der Waals surface area (Å²) in [6.45, 7) is -0.535. The first-order valence-electron chi connectivity index (χ1n) is 10.2. The highest BCUT2D eigenvalue weighted by atomic mass is 32.2. The van der Waals surface area contributed by atoms with Gasteiger partial charge < -0.3 is 4.74 Å². The molecule has 4 rings (SSSR count). The minimum Gasteiger partial charge on any atom is -0.477 e. The minimum absolute atomic E-state index is 0.0406. The zero-order valence-electron chi connectivity index (χ0n) is 17.8. The number of benzene rings is 1. The van der Waals surface area contributed by atoms with E-state index in [0.717, 1.165) is 4.31 Å². The van der Waals surface area contributed by atoms with Gasteiger partial charge in [-0.2, -0.15) is 30.6 Å². The van der Waals surface area contributed by atoms with Crippen LogP contribution in [-0.2, 0) is 28.9 Å². The van der Waals surface area contributed by atoms with Crippen LogP contribution in [0, 0.1) is 0 Å². The van der Waals surface area contributed by atoms with E-state index in [9.17, 15) is 34.8 Å². The van der Waals surface area contributed by atoms with Crippen molar-refractivity contribution in [3.05, 3.63) is 71.7 Å². The Balaban J connectivity index is 1.83. The summed E-state index contributed by atoms with van der Waals surface area (Å²) in [5, 5.41) is 0. The first-order chi connectivity index (χ1) is 16.4. The van der Waals surface area contributed by atoms with Gasteiger partial charge in [0.15, 0.2) is 0 Å². The number of hydrogen-bond donors (Lipinski definition) is 0. The van der Waals surface area contributed by atoms with Gasteiger partial charge in [0.1, 0.15) is 0 Å². The fourth-order valence-electron chi connectivity index (χ4n) is 3.64. The Hall–Kier alpha value is -3.19. The lowest BCUT2D eigenvalue weighted by Gasteiger charge is -2.27. The molecule has 0 saturated carbocycles. The highest BCUT2D eigenvalue weighted by Gasteiger charge is 2.39. The summed E-state index contributed by atoms with van der Waals surface area (Å²) >= 11 is 0. The number of hydrogen-bond acceptors (Lipinski definition) is 5. The van der Waals surface area contributed by atoms with Crippen LogP contribution < -0.4 is 4.74 Å². The van der Waals surface area contributed by atoms with Gasteiger partial charge in [-0.15, -0.1) is 0 Å². The van der Waals surface area contributed by atoms with Crippen LogP contribution in [0.15, 0.2) is 59.9 Å². The zero-order valence-corrected chi connectivity index (χ0v) is 18.6. The summed E-state index contributed by atoms with van der Waals surface area (Å²) < 4.78 is 113. The van der Waals surface area contributed by atoms with Gasteiger partial charge in [0.05, 0.1) is 22.6 Å². The molecule has 3 heterocycles. The molecule has 13 heteroatoms. The summed E-state index contributed by atoms with van der Waals surface area (Å²) in [5.74, 6) is 0.117. The quantitative estimate of drug-likeness (QED) is 0.449. The zero-order chi connectivity index (χ0) is 25.4. The summed E-state index contributed by atoms with van der Waals surface area (Å²) in [7, 11) is -4.77. The molecule has 0 N–H and O–H groups in total. The molecule has 186 valence electrons. The Morgan fingerprint density at radius 1 is 0.943 bits per heavy atom. The van der Waals surface area contributed by atoms with Crippen molar-refractivity contribution in [2.45, 2.75) is 30.2 Å². The first kappa shape index (κ1) is 24.9. The lowest BCUT2D eigenvalue weighted by atomic mass is 10.0.